The average Bonchev–Trinajstić information content (AvgIpc) is 2.56. The number of hydrogen-bond acceptors (Lipinski definition) is 3. The third-order valence-electron chi connectivity index (χ3n) is 4.62. The molecule has 0 saturated carbocycles. The quantitative estimate of drug-likeness (QED) is 0.840. The van der Waals surface area contributed by atoms with E-state index in [-0.39, 0.29) is 10.9 Å². The van der Waals surface area contributed by atoms with Gasteiger partial charge in [-0.1, -0.05) is 42.5 Å². The molecule has 1 aliphatic heterocycles. The molecule has 3 rings (SSSR count). The predicted molar refractivity (Wildman–Crippen MR) is 99.3 cm³/mol. The van der Waals surface area contributed by atoms with Crippen molar-refractivity contribution in [3.63, 3.8) is 0 Å². The van der Waals surface area contributed by atoms with Crippen LogP contribution < -0.4 is 9.46 Å². The molecule has 0 aromatic heterocycles. The summed E-state index contributed by atoms with van der Waals surface area (Å²) < 4.78 is 34.6. The van der Waals surface area contributed by atoms with Gasteiger partial charge in [0.25, 0.3) is 0 Å². The second-order valence-electron chi connectivity index (χ2n) is 6.80. The molecule has 1 heterocycles. The third-order valence-corrected chi connectivity index (χ3v) is 6.11. The van der Waals surface area contributed by atoms with Crippen LogP contribution in [0.5, 0.6) is 5.75 Å². The summed E-state index contributed by atoms with van der Waals surface area (Å²) in [5, 5.41) is 0. The molecule has 0 spiro atoms. The molecule has 5 heteroatoms. The Bertz CT molecular complexity index is 903. The Balaban J connectivity index is 2.00. The average molecular weight is 357 g/mol. The Morgan fingerprint density at radius 1 is 1.20 bits per heavy atom. The van der Waals surface area contributed by atoms with E-state index in [4.69, 9.17) is 4.74 Å². The Morgan fingerprint density at radius 3 is 2.52 bits per heavy atom. The predicted octanol–water partition coefficient (Wildman–Crippen LogP) is 4.05. The van der Waals surface area contributed by atoms with Crippen LogP contribution in [-0.4, -0.2) is 14.0 Å². The zero-order valence-corrected chi connectivity index (χ0v) is 15.6. The van der Waals surface area contributed by atoms with E-state index in [1.165, 1.54) is 0 Å². The molecule has 2 atom stereocenters. The van der Waals surface area contributed by atoms with Crippen molar-refractivity contribution < 1.29 is 13.2 Å². The summed E-state index contributed by atoms with van der Waals surface area (Å²) in [5.41, 5.74) is 2.23. The van der Waals surface area contributed by atoms with Gasteiger partial charge in [-0.05, 0) is 44.5 Å². The normalized spacial score (nSPS) is 22.8. The van der Waals surface area contributed by atoms with Crippen LogP contribution in [0.4, 0.5) is 0 Å². The van der Waals surface area contributed by atoms with Crippen molar-refractivity contribution >= 4 is 10.0 Å². The molecule has 132 valence electrons. The summed E-state index contributed by atoms with van der Waals surface area (Å²) in [6, 6.07) is 12.3. The minimum atomic E-state index is -3.63. The highest BCUT2D eigenvalue weighted by atomic mass is 32.2. The van der Waals surface area contributed by atoms with Crippen molar-refractivity contribution in [2.45, 2.75) is 43.7 Å². The molecule has 0 amide bonds. The highest BCUT2D eigenvalue weighted by molar-refractivity contribution is 7.89. The Labute approximate surface area is 149 Å². The monoisotopic (exact) mass is 357 g/mol. The Morgan fingerprint density at radius 2 is 1.88 bits per heavy atom. The van der Waals surface area contributed by atoms with Crippen molar-refractivity contribution in [3.05, 3.63) is 71.8 Å². The zero-order valence-electron chi connectivity index (χ0n) is 14.7. The summed E-state index contributed by atoms with van der Waals surface area (Å²) in [5.74, 6) is 0.729. The first-order valence-electron chi connectivity index (χ1n) is 8.25. The number of sulfonamides is 1. The number of fused-ring (bicyclic) bond motifs is 1. The van der Waals surface area contributed by atoms with Crippen LogP contribution in [0.15, 0.2) is 60.0 Å². The number of nitrogens with one attached hydrogen (secondary N) is 1. The molecule has 0 saturated heterocycles. The van der Waals surface area contributed by atoms with Crippen LogP contribution >= 0.6 is 0 Å². The van der Waals surface area contributed by atoms with Gasteiger partial charge in [0, 0.05) is 12.0 Å². The van der Waals surface area contributed by atoms with Crippen molar-refractivity contribution in [1.29, 1.82) is 0 Å². The maximum absolute atomic E-state index is 12.8. The van der Waals surface area contributed by atoms with Crippen molar-refractivity contribution in [1.82, 2.24) is 4.72 Å². The first kappa shape index (κ1) is 17.7. The summed E-state index contributed by atoms with van der Waals surface area (Å²) in [6.45, 7) is 9.66. The van der Waals surface area contributed by atoms with Crippen molar-refractivity contribution in [2.24, 2.45) is 0 Å². The lowest BCUT2D eigenvalue weighted by molar-refractivity contribution is 0.0977. The molecular formula is C20H23NO3S. The van der Waals surface area contributed by atoms with Crippen LogP contribution in [0.1, 0.15) is 36.1 Å². The number of benzene rings is 2. The summed E-state index contributed by atoms with van der Waals surface area (Å²) in [6.07, 6.45) is 2.22. The molecule has 2 aromatic carbocycles. The Hall–Kier alpha value is -2.11. The van der Waals surface area contributed by atoms with Gasteiger partial charge in [0.15, 0.2) is 0 Å². The maximum Gasteiger partial charge on any atom is 0.241 e. The van der Waals surface area contributed by atoms with Gasteiger partial charge < -0.3 is 4.74 Å². The largest absolute Gasteiger partial charge is 0.483 e. The number of rotatable bonds is 4. The lowest BCUT2D eigenvalue weighted by atomic mass is 9.88. The van der Waals surface area contributed by atoms with E-state index in [0.29, 0.717) is 6.42 Å². The second-order valence-corrected chi connectivity index (χ2v) is 8.52. The van der Waals surface area contributed by atoms with E-state index < -0.39 is 15.6 Å². The molecule has 0 radical (unpaired) electrons. The molecule has 25 heavy (non-hydrogen) atoms. The van der Waals surface area contributed by atoms with E-state index >= 15 is 0 Å². The molecule has 2 aromatic rings. The van der Waals surface area contributed by atoms with Gasteiger partial charge in [-0.3, -0.25) is 0 Å². The van der Waals surface area contributed by atoms with Crippen LogP contribution in [-0.2, 0) is 10.0 Å². The van der Waals surface area contributed by atoms with Crippen LogP contribution in [0.3, 0.4) is 0 Å². The molecule has 1 aliphatic rings. The second kappa shape index (κ2) is 6.32. The number of hydrogen-bond donors (Lipinski definition) is 1. The van der Waals surface area contributed by atoms with Crippen molar-refractivity contribution in [3.8, 4) is 5.75 Å². The fraction of sp³-hybridized carbons (Fsp3) is 0.300. The fourth-order valence-corrected chi connectivity index (χ4v) is 4.30. The number of ether oxygens (including phenoxy) is 1. The molecule has 0 aliphatic carbocycles. The van der Waals surface area contributed by atoms with Crippen LogP contribution in [0, 0.1) is 13.8 Å². The van der Waals surface area contributed by atoms with Gasteiger partial charge in [0.1, 0.15) is 11.4 Å². The number of aryl methyl sites for hydroxylation is 2. The van der Waals surface area contributed by atoms with Gasteiger partial charge in [0.05, 0.1) is 10.9 Å². The smallest absolute Gasteiger partial charge is 0.241 e. The number of para-hydroxylation sites is 1. The SMILES string of the molecule is C=C[C@@]1(C)C[C@@H](NS(=O)(=O)c2ccc(C)cc2)c2cccc(C)c2O1. The topological polar surface area (TPSA) is 55.4 Å². The van der Waals surface area contributed by atoms with Gasteiger partial charge in [0.2, 0.25) is 10.0 Å². The first-order chi connectivity index (χ1) is 11.7. The van der Waals surface area contributed by atoms with E-state index in [2.05, 4.69) is 11.3 Å². The fourth-order valence-electron chi connectivity index (χ4n) is 3.08. The molecule has 1 N–H and O–H groups in total. The molecular weight excluding hydrogens is 334 g/mol. The minimum Gasteiger partial charge on any atom is -0.483 e. The maximum atomic E-state index is 12.8. The molecule has 0 fully saturated rings. The van der Waals surface area contributed by atoms with Gasteiger partial charge in [-0.15, -0.1) is 0 Å². The Kier molecular flexibility index (Phi) is 4.47. The summed E-state index contributed by atoms with van der Waals surface area (Å²) in [7, 11) is -3.63. The summed E-state index contributed by atoms with van der Waals surface area (Å²) >= 11 is 0. The van der Waals surface area contributed by atoms with Gasteiger partial charge >= 0.3 is 0 Å². The highest BCUT2D eigenvalue weighted by Crippen LogP contribution is 2.42. The van der Waals surface area contributed by atoms with Gasteiger partial charge in [-0.25, -0.2) is 13.1 Å². The highest BCUT2D eigenvalue weighted by Gasteiger charge is 2.37. The summed E-state index contributed by atoms with van der Waals surface area (Å²) in [4.78, 5) is 0.263. The molecule has 0 unspecified atom stereocenters. The minimum absolute atomic E-state index is 0.263. The first-order valence-corrected chi connectivity index (χ1v) is 9.73. The van der Waals surface area contributed by atoms with Crippen molar-refractivity contribution in [2.75, 3.05) is 0 Å². The van der Waals surface area contributed by atoms with E-state index in [1.807, 2.05) is 39.0 Å². The van der Waals surface area contributed by atoms with E-state index in [1.54, 1.807) is 30.3 Å². The van der Waals surface area contributed by atoms with Crippen LogP contribution in [0.25, 0.3) is 0 Å². The molecule has 4 nitrogen and oxygen atoms in total. The van der Waals surface area contributed by atoms with Gasteiger partial charge in [-0.2, -0.15) is 0 Å². The third kappa shape index (κ3) is 3.48. The standard InChI is InChI=1S/C20H23NO3S/c1-5-20(4)13-18(17-8-6-7-15(3)19(17)24-20)21-25(22,23)16-11-9-14(2)10-12-16/h5-12,18,21H,1,13H2,2-4H3/t18-,20+/m1/s1. The lowest BCUT2D eigenvalue weighted by Crippen LogP contribution is -2.42. The lowest BCUT2D eigenvalue weighted by Gasteiger charge is -2.39. The van der Waals surface area contributed by atoms with E-state index in [0.717, 1.165) is 22.4 Å². The van der Waals surface area contributed by atoms with Crippen LogP contribution in [0.2, 0.25) is 0 Å². The zero-order chi connectivity index (χ0) is 18.2. The van der Waals surface area contributed by atoms with E-state index in [9.17, 15) is 8.42 Å². The molecule has 0 bridgehead atoms.